The summed E-state index contributed by atoms with van der Waals surface area (Å²) in [6, 6.07) is 0.691. The van der Waals surface area contributed by atoms with Gasteiger partial charge in [-0.1, -0.05) is 13.3 Å². The lowest BCUT2D eigenvalue weighted by atomic mass is 9.96. The summed E-state index contributed by atoms with van der Waals surface area (Å²) in [5, 5.41) is 8.95. The maximum absolute atomic E-state index is 8.95. The van der Waals surface area contributed by atoms with Crippen LogP contribution in [-0.4, -0.2) is 60.3 Å². The molecule has 1 fully saturated rings. The second-order valence-corrected chi connectivity index (χ2v) is 6.68. The van der Waals surface area contributed by atoms with E-state index in [-0.39, 0.29) is 0 Å². The first-order valence-electron chi connectivity index (χ1n) is 8.74. The Morgan fingerprint density at radius 1 is 1.20 bits per heavy atom. The fourth-order valence-electron chi connectivity index (χ4n) is 3.20. The predicted molar refractivity (Wildman–Crippen MR) is 87.1 cm³/mol. The van der Waals surface area contributed by atoms with Gasteiger partial charge in [-0.05, 0) is 71.5 Å². The minimum atomic E-state index is 0.339. The maximum Gasteiger partial charge on any atom is 0.0431 e. The van der Waals surface area contributed by atoms with Crippen molar-refractivity contribution in [3.8, 4) is 0 Å². The second kappa shape index (κ2) is 10.6. The highest BCUT2D eigenvalue weighted by atomic mass is 16.2. The third-order valence-electron chi connectivity index (χ3n) is 4.51. The molecule has 0 aromatic carbocycles. The van der Waals surface area contributed by atoms with Crippen LogP contribution in [0.2, 0.25) is 0 Å². The third kappa shape index (κ3) is 7.05. The van der Waals surface area contributed by atoms with Gasteiger partial charge in [-0.2, -0.15) is 0 Å². The van der Waals surface area contributed by atoms with Crippen molar-refractivity contribution in [1.82, 2.24) is 9.80 Å². The van der Waals surface area contributed by atoms with Crippen molar-refractivity contribution in [2.75, 3.05) is 39.3 Å². The van der Waals surface area contributed by atoms with E-state index < -0.39 is 0 Å². The lowest BCUT2D eigenvalue weighted by Gasteiger charge is -2.37. The Labute approximate surface area is 126 Å². The molecule has 1 aliphatic rings. The summed E-state index contributed by atoms with van der Waals surface area (Å²) in [4.78, 5) is 5.29. The highest BCUT2D eigenvalue weighted by Gasteiger charge is 2.23. The van der Waals surface area contributed by atoms with Gasteiger partial charge in [0, 0.05) is 25.7 Å². The minimum Gasteiger partial charge on any atom is -0.396 e. The Morgan fingerprint density at radius 2 is 1.95 bits per heavy atom. The van der Waals surface area contributed by atoms with E-state index in [9.17, 15) is 0 Å². The Hall–Kier alpha value is -0.120. The average Bonchev–Trinajstić information content (AvgIpc) is 2.45. The number of likely N-dealkylation sites (tertiary alicyclic amines) is 1. The molecule has 0 amide bonds. The van der Waals surface area contributed by atoms with Gasteiger partial charge in [-0.25, -0.2) is 0 Å². The highest BCUT2D eigenvalue weighted by Crippen LogP contribution is 2.20. The van der Waals surface area contributed by atoms with Crippen molar-refractivity contribution >= 4 is 0 Å². The summed E-state index contributed by atoms with van der Waals surface area (Å²) in [6.07, 6.45) is 7.43. The molecule has 1 N–H and O–H groups in total. The Morgan fingerprint density at radius 3 is 2.60 bits per heavy atom. The van der Waals surface area contributed by atoms with E-state index in [4.69, 9.17) is 5.11 Å². The maximum atomic E-state index is 8.95. The van der Waals surface area contributed by atoms with Crippen LogP contribution < -0.4 is 0 Å². The number of piperidine rings is 1. The largest absolute Gasteiger partial charge is 0.396 e. The molecular formula is C17H36N2O. The predicted octanol–water partition coefficient (Wildman–Crippen LogP) is 2.98. The SMILES string of the molecule is CCCCN(CCCCO)CC1CCCN(C(C)C)C1. The van der Waals surface area contributed by atoms with Crippen LogP contribution in [0.25, 0.3) is 0 Å². The number of aliphatic hydroxyl groups excluding tert-OH is 1. The number of nitrogens with zero attached hydrogens (tertiary/aromatic N) is 2. The van der Waals surface area contributed by atoms with Crippen LogP contribution in [0.15, 0.2) is 0 Å². The molecule has 0 aromatic rings. The number of rotatable bonds is 10. The molecule has 1 heterocycles. The Balaban J connectivity index is 2.37. The molecule has 0 saturated carbocycles. The Kier molecular flexibility index (Phi) is 9.49. The smallest absolute Gasteiger partial charge is 0.0431 e. The molecular weight excluding hydrogens is 248 g/mol. The van der Waals surface area contributed by atoms with Crippen LogP contribution in [0.4, 0.5) is 0 Å². The standard InChI is InChI=1S/C17H36N2O/c1-4-5-10-18(11-6-7-13-20)14-17-9-8-12-19(15-17)16(2)3/h16-17,20H,4-15H2,1-3H3. The van der Waals surface area contributed by atoms with Crippen molar-refractivity contribution in [2.45, 2.75) is 65.3 Å². The molecule has 1 rings (SSSR count). The van der Waals surface area contributed by atoms with Crippen LogP contribution in [-0.2, 0) is 0 Å². The molecule has 20 heavy (non-hydrogen) atoms. The number of unbranched alkanes of at least 4 members (excludes halogenated alkanes) is 2. The van der Waals surface area contributed by atoms with Crippen LogP contribution in [0.3, 0.4) is 0 Å². The first kappa shape index (κ1) is 17.9. The number of aliphatic hydroxyl groups is 1. The van der Waals surface area contributed by atoms with E-state index in [1.54, 1.807) is 0 Å². The molecule has 1 aliphatic heterocycles. The topological polar surface area (TPSA) is 26.7 Å². The summed E-state index contributed by atoms with van der Waals surface area (Å²) in [7, 11) is 0. The lowest BCUT2D eigenvalue weighted by molar-refractivity contribution is 0.108. The van der Waals surface area contributed by atoms with Crippen LogP contribution in [0.5, 0.6) is 0 Å². The molecule has 0 radical (unpaired) electrons. The molecule has 120 valence electrons. The molecule has 3 heteroatoms. The van der Waals surface area contributed by atoms with Gasteiger partial charge in [0.1, 0.15) is 0 Å². The molecule has 1 atom stereocenters. The average molecular weight is 284 g/mol. The first-order chi connectivity index (χ1) is 9.67. The molecule has 0 aromatic heterocycles. The summed E-state index contributed by atoms with van der Waals surface area (Å²) in [6.45, 7) is 13.5. The molecule has 0 bridgehead atoms. The van der Waals surface area contributed by atoms with Gasteiger partial charge in [-0.15, -0.1) is 0 Å². The third-order valence-corrected chi connectivity index (χ3v) is 4.51. The zero-order valence-electron chi connectivity index (χ0n) is 14.0. The van der Waals surface area contributed by atoms with Crippen LogP contribution in [0, 0.1) is 5.92 Å². The van der Waals surface area contributed by atoms with E-state index >= 15 is 0 Å². The monoisotopic (exact) mass is 284 g/mol. The van der Waals surface area contributed by atoms with E-state index in [2.05, 4.69) is 30.6 Å². The Bertz CT molecular complexity index is 233. The molecule has 0 spiro atoms. The van der Waals surface area contributed by atoms with Gasteiger partial charge in [0.25, 0.3) is 0 Å². The zero-order valence-corrected chi connectivity index (χ0v) is 14.0. The van der Waals surface area contributed by atoms with Crippen LogP contribution >= 0.6 is 0 Å². The van der Waals surface area contributed by atoms with Gasteiger partial charge in [0.05, 0.1) is 0 Å². The number of hydrogen-bond acceptors (Lipinski definition) is 3. The van der Waals surface area contributed by atoms with E-state index in [1.807, 2.05) is 0 Å². The van der Waals surface area contributed by atoms with Crippen molar-refractivity contribution in [1.29, 1.82) is 0 Å². The van der Waals surface area contributed by atoms with Gasteiger partial charge < -0.3 is 14.9 Å². The fraction of sp³-hybridized carbons (Fsp3) is 1.00. The molecule has 3 nitrogen and oxygen atoms in total. The second-order valence-electron chi connectivity index (χ2n) is 6.68. The molecule has 1 saturated heterocycles. The zero-order chi connectivity index (χ0) is 14.8. The summed E-state index contributed by atoms with van der Waals surface area (Å²) >= 11 is 0. The van der Waals surface area contributed by atoms with Gasteiger partial charge in [0.2, 0.25) is 0 Å². The highest BCUT2D eigenvalue weighted by molar-refractivity contribution is 4.77. The lowest BCUT2D eigenvalue weighted by Crippen LogP contribution is -2.44. The fourth-order valence-corrected chi connectivity index (χ4v) is 3.20. The van der Waals surface area contributed by atoms with Crippen LogP contribution in [0.1, 0.15) is 59.3 Å². The minimum absolute atomic E-state index is 0.339. The van der Waals surface area contributed by atoms with E-state index in [0.717, 1.165) is 18.8 Å². The van der Waals surface area contributed by atoms with Crippen molar-refractivity contribution in [3.05, 3.63) is 0 Å². The molecule has 0 aliphatic carbocycles. The van der Waals surface area contributed by atoms with Crippen molar-refractivity contribution in [2.24, 2.45) is 5.92 Å². The normalized spacial score (nSPS) is 21.0. The van der Waals surface area contributed by atoms with E-state index in [1.165, 1.54) is 58.4 Å². The van der Waals surface area contributed by atoms with Crippen molar-refractivity contribution in [3.63, 3.8) is 0 Å². The van der Waals surface area contributed by atoms with E-state index in [0.29, 0.717) is 12.6 Å². The van der Waals surface area contributed by atoms with Gasteiger partial charge >= 0.3 is 0 Å². The summed E-state index contributed by atoms with van der Waals surface area (Å²) < 4.78 is 0. The first-order valence-corrected chi connectivity index (χ1v) is 8.74. The molecule has 1 unspecified atom stereocenters. The summed E-state index contributed by atoms with van der Waals surface area (Å²) in [5.74, 6) is 0.845. The number of hydrogen-bond donors (Lipinski definition) is 1. The summed E-state index contributed by atoms with van der Waals surface area (Å²) in [5.41, 5.74) is 0. The van der Waals surface area contributed by atoms with Crippen molar-refractivity contribution < 1.29 is 5.11 Å². The van der Waals surface area contributed by atoms with Gasteiger partial charge in [-0.3, -0.25) is 0 Å². The van der Waals surface area contributed by atoms with Gasteiger partial charge in [0.15, 0.2) is 0 Å². The quantitative estimate of drug-likeness (QED) is 0.625.